The van der Waals surface area contributed by atoms with E-state index in [0.29, 0.717) is 16.7 Å². The predicted octanol–water partition coefficient (Wildman–Crippen LogP) is 3.46. The average Bonchev–Trinajstić information content (AvgIpc) is 3.04. The number of pyridine rings is 1. The number of hydrogen-bond donors (Lipinski definition) is 0. The summed E-state index contributed by atoms with van der Waals surface area (Å²) in [4.78, 5) is 15.9. The summed E-state index contributed by atoms with van der Waals surface area (Å²) < 4.78 is 46.1. The zero-order valence-corrected chi connectivity index (χ0v) is 15.3. The van der Waals surface area contributed by atoms with Crippen molar-refractivity contribution in [2.45, 2.75) is 12.7 Å². The number of esters is 1. The lowest BCUT2D eigenvalue weighted by atomic mass is 10.4. The molecule has 0 aliphatic rings. The summed E-state index contributed by atoms with van der Waals surface area (Å²) in [6.45, 7) is 0.331. The van der Waals surface area contributed by atoms with E-state index in [9.17, 15) is 18.0 Å². The number of fused-ring (bicyclic) bond motifs is 1. The van der Waals surface area contributed by atoms with E-state index in [1.54, 1.807) is 22.9 Å². The number of rotatable bonds is 3. The second-order valence-electron chi connectivity index (χ2n) is 4.61. The number of aromatic nitrogens is 3. The van der Waals surface area contributed by atoms with Gasteiger partial charge in [0.2, 0.25) is 0 Å². The summed E-state index contributed by atoms with van der Waals surface area (Å²) in [6, 6.07) is 3.44. The molecule has 0 bridgehead atoms. The lowest BCUT2D eigenvalue weighted by Gasteiger charge is -2.02. The van der Waals surface area contributed by atoms with Crippen LogP contribution in [-0.2, 0) is 11.3 Å². The van der Waals surface area contributed by atoms with E-state index in [-0.39, 0.29) is 5.88 Å². The second kappa shape index (κ2) is 6.48. The SMILES string of the molecule is O=C(Oc1cn(Cc2cnc(Cl)s2)c2c(I)ccc[n+]12)C(F)(F)F. The van der Waals surface area contributed by atoms with Gasteiger partial charge in [0.15, 0.2) is 10.7 Å². The van der Waals surface area contributed by atoms with E-state index in [4.69, 9.17) is 11.6 Å². The minimum atomic E-state index is -5.07. The Labute approximate surface area is 155 Å². The highest BCUT2D eigenvalue weighted by molar-refractivity contribution is 14.1. The molecule has 0 amide bonds. The summed E-state index contributed by atoms with van der Waals surface area (Å²) >= 11 is 9.11. The normalized spacial score (nSPS) is 11.9. The molecule has 11 heteroatoms. The third-order valence-corrected chi connectivity index (χ3v) is 4.92. The Morgan fingerprint density at radius 3 is 2.88 bits per heavy atom. The van der Waals surface area contributed by atoms with Crippen LogP contribution >= 0.6 is 45.5 Å². The molecule has 0 fully saturated rings. The summed E-state index contributed by atoms with van der Waals surface area (Å²) in [6.07, 6.45) is -0.621. The first-order chi connectivity index (χ1) is 11.3. The van der Waals surface area contributed by atoms with Crippen LogP contribution in [0.1, 0.15) is 4.88 Å². The fourth-order valence-corrected chi connectivity index (χ4v) is 3.81. The van der Waals surface area contributed by atoms with Crippen molar-refractivity contribution < 1.29 is 27.1 Å². The second-order valence-corrected chi connectivity index (χ2v) is 7.47. The van der Waals surface area contributed by atoms with Crippen LogP contribution in [0.25, 0.3) is 5.65 Å². The number of ether oxygens (including phenoxy) is 1. The van der Waals surface area contributed by atoms with Crippen molar-refractivity contribution in [2.75, 3.05) is 0 Å². The van der Waals surface area contributed by atoms with Crippen molar-refractivity contribution in [3.63, 3.8) is 0 Å². The molecule has 3 aromatic rings. The van der Waals surface area contributed by atoms with Crippen molar-refractivity contribution >= 4 is 57.1 Å². The molecule has 5 nitrogen and oxygen atoms in total. The van der Waals surface area contributed by atoms with E-state index in [2.05, 4.69) is 32.3 Å². The van der Waals surface area contributed by atoms with Gasteiger partial charge in [0.1, 0.15) is 10.1 Å². The fourth-order valence-electron chi connectivity index (χ4n) is 2.06. The topological polar surface area (TPSA) is 48.2 Å². The number of imidazole rings is 1. The minimum absolute atomic E-state index is 0.221. The highest BCUT2D eigenvalue weighted by atomic mass is 127. The Morgan fingerprint density at radius 1 is 1.50 bits per heavy atom. The van der Waals surface area contributed by atoms with Gasteiger partial charge in [-0.15, -0.1) is 11.3 Å². The molecule has 126 valence electrons. The van der Waals surface area contributed by atoms with Crippen LogP contribution in [0.2, 0.25) is 4.47 Å². The Balaban J connectivity index is 2.04. The molecule has 24 heavy (non-hydrogen) atoms. The first-order valence-corrected chi connectivity index (χ1v) is 8.61. The molecule has 0 spiro atoms. The van der Waals surface area contributed by atoms with E-state index in [0.717, 1.165) is 8.45 Å². The van der Waals surface area contributed by atoms with Gasteiger partial charge in [0.25, 0.3) is 0 Å². The molecule has 0 atom stereocenters. The van der Waals surface area contributed by atoms with Crippen LogP contribution in [0.4, 0.5) is 13.2 Å². The Morgan fingerprint density at radius 2 is 2.25 bits per heavy atom. The molecule has 0 aromatic carbocycles. The van der Waals surface area contributed by atoms with Gasteiger partial charge in [0, 0.05) is 6.20 Å². The monoisotopic (exact) mass is 488 g/mol. The molecular formula is C13H7ClF3IN3O2S+. The maximum Gasteiger partial charge on any atom is 0.491 e. The lowest BCUT2D eigenvalue weighted by Crippen LogP contribution is -2.32. The van der Waals surface area contributed by atoms with Crippen LogP contribution in [0.15, 0.2) is 30.7 Å². The van der Waals surface area contributed by atoms with Gasteiger partial charge in [-0.3, -0.25) is 0 Å². The molecule has 0 radical (unpaired) electrons. The number of thiazole rings is 1. The number of carbonyl (C=O) groups excluding carboxylic acids is 1. The van der Waals surface area contributed by atoms with Gasteiger partial charge in [-0.05, 0) is 34.7 Å². The van der Waals surface area contributed by atoms with Gasteiger partial charge in [0.05, 0.1) is 11.1 Å². The summed E-state index contributed by atoms with van der Waals surface area (Å²) in [7, 11) is 0. The molecule has 3 rings (SSSR count). The highest BCUT2D eigenvalue weighted by Crippen LogP contribution is 2.24. The summed E-state index contributed by atoms with van der Waals surface area (Å²) in [5.74, 6) is -2.49. The molecular weight excluding hydrogens is 482 g/mol. The zero-order chi connectivity index (χ0) is 17.5. The summed E-state index contributed by atoms with van der Waals surface area (Å²) in [5, 5.41) is 0. The van der Waals surface area contributed by atoms with Gasteiger partial charge >= 0.3 is 23.7 Å². The van der Waals surface area contributed by atoms with E-state index >= 15 is 0 Å². The third-order valence-electron chi connectivity index (χ3n) is 2.98. The van der Waals surface area contributed by atoms with Gasteiger partial charge in [-0.1, -0.05) is 11.6 Å². The first kappa shape index (κ1) is 17.4. The molecule has 0 saturated carbocycles. The summed E-state index contributed by atoms with van der Waals surface area (Å²) in [5.41, 5.74) is 0.590. The lowest BCUT2D eigenvalue weighted by molar-refractivity contribution is -0.519. The molecule has 0 aliphatic carbocycles. The largest absolute Gasteiger partial charge is 0.491 e. The van der Waals surface area contributed by atoms with Crippen LogP contribution in [0.5, 0.6) is 5.88 Å². The van der Waals surface area contributed by atoms with Gasteiger partial charge in [-0.2, -0.15) is 17.6 Å². The molecule has 3 aromatic heterocycles. The minimum Gasteiger partial charge on any atom is -0.380 e. The van der Waals surface area contributed by atoms with Crippen molar-refractivity contribution in [2.24, 2.45) is 0 Å². The number of carbonyl (C=O) groups is 1. The number of nitrogens with zero attached hydrogens (tertiary/aromatic N) is 3. The molecule has 0 saturated heterocycles. The molecule has 0 aliphatic heterocycles. The maximum absolute atomic E-state index is 12.5. The smallest absolute Gasteiger partial charge is 0.380 e. The number of alkyl halides is 3. The number of halogens is 5. The Bertz CT molecular complexity index is 925. The fraction of sp³-hybridized carbons (Fsp3) is 0.154. The van der Waals surface area contributed by atoms with Crippen molar-refractivity contribution in [1.82, 2.24) is 9.55 Å². The van der Waals surface area contributed by atoms with Crippen molar-refractivity contribution in [3.8, 4) is 5.88 Å². The van der Waals surface area contributed by atoms with Crippen LogP contribution in [0.3, 0.4) is 0 Å². The number of hydrogen-bond acceptors (Lipinski definition) is 4. The standard InChI is InChI=1S/C13H7ClF3IN3O2S/c14-12-19-4-7(24-12)5-20-6-9(23-11(22)13(15,16)17)21-3-1-2-8(18)10(20)21/h1-4,6H,5H2/q+1. The van der Waals surface area contributed by atoms with E-state index in [1.165, 1.54) is 28.1 Å². The quantitative estimate of drug-likeness (QED) is 0.322. The maximum atomic E-state index is 12.5. The van der Waals surface area contributed by atoms with Crippen LogP contribution in [-0.4, -0.2) is 21.7 Å². The Hall–Kier alpha value is -1.40. The third kappa shape index (κ3) is 3.49. The van der Waals surface area contributed by atoms with Gasteiger partial charge < -0.3 is 4.74 Å². The zero-order valence-electron chi connectivity index (χ0n) is 11.6. The molecule has 3 heterocycles. The molecule has 0 unspecified atom stereocenters. The van der Waals surface area contributed by atoms with Crippen LogP contribution < -0.4 is 9.14 Å². The average molecular weight is 489 g/mol. The van der Waals surface area contributed by atoms with Crippen LogP contribution in [0, 0.1) is 3.57 Å². The van der Waals surface area contributed by atoms with E-state index < -0.39 is 12.1 Å². The predicted molar refractivity (Wildman–Crippen MR) is 88.2 cm³/mol. The molecule has 0 N–H and O–H groups in total. The van der Waals surface area contributed by atoms with Gasteiger partial charge in [-0.25, -0.2) is 14.3 Å². The van der Waals surface area contributed by atoms with Crippen molar-refractivity contribution in [3.05, 3.63) is 43.6 Å². The first-order valence-electron chi connectivity index (χ1n) is 6.34. The Kier molecular flexibility index (Phi) is 4.71. The highest BCUT2D eigenvalue weighted by Gasteiger charge is 2.43. The van der Waals surface area contributed by atoms with E-state index in [1.807, 2.05) is 0 Å². The van der Waals surface area contributed by atoms with Crippen molar-refractivity contribution in [1.29, 1.82) is 0 Å².